The van der Waals surface area contributed by atoms with E-state index in [0.29, 0.717) is 11.1 Å². The molecule has 0 aliphatic carbocycles. The second-order valence-corrected chi connectivity index (χ2v) is 4.56. The second kappa shape index (κ2) is 14.2. The fraction of sp³-hybridized carbons (Fsp3) is 0.0588. The molecule has 0 bridgehead atoms. The van der Waals surface area contributed by atoms with E-state index in [0.717, 1.165) is 0 Å². The predicted octanol–water partition coefficient (Wildman–Crippen LogP) is 0.182. The Bertz CT molecular complexity index is 767. The van der Waals surface area contributed by atoms with Gasteiger partial charge in [-0.2, -0.15) is 10.2 Å². The molecule has 0 aliphatic rings. The van der Waals surface area contributed by atoms with Gasteiger partial charge in [-0.15, -0.1) is 0 Å². The molecule has 27 heavy (non-hydrogen) atoms. The smallest absolute Gasteiger partial charge is 0.234 e. The number of carboxylic acid groups (broad SMARTS) is 1. The van der Waals surface area contributed by atoms with Crippen LogP contribution in [0.25, 0.3) is 5.84 Å². The molecule has 0 spiro atoms. The zero-order valence-corrected chi connectivity index (χ0v) is 15.6. The number of carbonyl (C=O) groups is 2. The number of nitrogens with zero attached hydrogens (tertiary/aromatic N) is 2. The van der Waals surface area contributed by atoms with Crippen molar-refractivity contribution >= 4 is 23.5 Å². The van der Waals surface area contributed by atoms with Crippen molar-refractivity contribution in [1.82, 2.24) is 5.43 Å². The van der Waals surface area contributed by atoms with E-state index in [2.05, 4.69) is 10.2 Å². The predicted molar refractivity (Wildman–Crippen MR) is 90.0 cm³/mol. The van der Waals surface area contributed by atoms with Crippen molar-refractivity contribution in [2.24, 2.45) is 10.2 Å². The Morgan fingerprint density at radius 2 is 1.33 bits per heavy atom. The van der Waals surface area contributed by atoms with E-state index in [1.54, 1.807) is 60.0 Å². The maximum Gasteiger partial charge on any atom is 0.234 e. The minimum Gasteiger partial charge on any atom is -2.00 e. The number of aliphatic carboxylic acids is 1. The van der Waals surface area contributed by atoms with E-state index in [1.807, 2.05) is 6.07 Å². The van der Waals surface area contributed by atoms with E-state index >= 15 is 0 Å². The maximum absolute atomic E-state index is 11.3. The van der Waals surface area contributed by atoms with Gasteiger partial charge >= 0.3 is 0 Å². The first-order valence-electron chi connectivity index (χ1n) is 7.04. The molecule has 143 valence electrons. The van der Waals surface area contributed by atoms with Crippen molar-refractivity contribution in [3.63, 3.8) is 0 Å². The summed E-state index contributed by atoms with van der Waals surface area (Å²) >= 11 is 0. The first kappa shape index (κ1) is 26.3. The van der Waals surface area contributed by atoms with E-state index in [4.69, 9.17) is 5.84 Å². The Kier molecular flexibility index (Phi) is 13.8. The van der Waals surface area contributed by atoms with Crippen molar-refractivity contribution in [2.75, 3.05) is 0 Å². The number of rotatable bonds is 4. The van der Waals surface area contributed by atoms with E-state index < -0.39 is 11.9 Å². The molecule has 0 saturated carbocycles. The maximum atomic E-state index is 11.3. The Morgan fingerprint density at radius 3 is 1.74 bits per heavy atom. The molecule has 0 aliphatic heterocycles. The van der Waals surface area contributed by atoms with E-state index in [9.17, 15) is 19.8 Å². The van der Waals surface area contributed by atoms with Gasteiger partial charge in [-0.1, -0.05) is 48.5 Å². The normalized spacial score (nSPS) is 10.3. The van der Waals surface area contributed by atoms with Gasteiger partial charge in [-0.25, -0.2) is 0 Å². The summed E-state index contributed by atoms with van der Waals surface area (Å²) in [5, 5.41) is 28.0. The Labute approximate surface area is 167 Å². The van der Waals surface area contributed by atoms with Gasteiger partial charge in [0.2, 0.25) is 5.91 Å². The van der Waals surface area contributed by atoms with Crippen LogP contribution in [0.1, 0.15) is 22.8 Å². The van der Waals surface area contributed by atoms with Crippen LogP contribution in [0.3, 0.4) is 0 Å². The van der Waals surface area contributed by atoms with Gasteiger partial charge in [0.1, 0.15) is 0 Å². The number of amides is 1. The van der Waals surface area contributed by atoms with Gasteiger partial charge in [0, 0.05) is 30.0 Å². The van der Waals surface area contributed by atoms with Crippen molar-refractivity contribution in [3.8, 4) is 0 Å². The third-order valence-electron chi connectivity index (χ3n) is 2.76. The molecule has 0 unspecified atom stereocenters. The van der Waals surface area contributed by atoms with Crippen LogP contribution < -0.4 is 15.6 Å². The van der Waals surface area contributed by atoms with Gasteiger partial charge in [0.15, 0.2) is 0 Å². The molecule has 0 fully saturated rings. The van der Waals surface area contributed by atoms with Crippen LogP contribution in [-0.2, 0) is 28.8 Å². The zero-order valence-electron chi connectivity index (χ0n) is 14.2. The molecule has 0 saturated heterocycles. The fourth-order valence-electron chi connectivity index (χ4n) is 1.46. The number of hydrogen-bond acceptors (Lipinski definition) is 6. The van der Waals surface area contributed by atoms with E-state index in [1.165, 1.54) is 6.92 Å². The van der Waals surface area contributed by atoms with E-state index in [-0.39, 0.29) is 35.7 Å². The van der Waals surface area contributed by atoms with Gasteiger partial charge in [-0.05, 0) is 24.6 Å². The Balaban J connectivity index is 0. The zero-order chi connectivity index (χ0) is 18.7. The standard InChI is InChI=1S/C10H10N2O3.C7H7N2O.O.V/c1-7(10(14)15)11-12-9(13)8-5-3-2-4-6-8;8-9-7(10)6-4-2-1-3-5-6;;/h2-6H,1H3,(H,12,13)(H,14,15);1-5,8H,(H,9,10);;/q;-1;-2;/p-2/b11-7+;;;. The average Bonchev–Trinajstić information content (AvgIpc) is 2.66. The van der Waals surface area contributed by atoms with Crippen LogP contribution in [0, 0.1) is 0 Å². The minimum absolute atomic E-state index is 0. The van der Waals surface area contributed by atoms with Crippen LogP contribution in [0.5, 0.6) is 0 Å². The number of hydrogen-bond donors (Lipinski definition) is 1. The molecule has 0 atom stereocenters. The molecule has 2 rings (SSSR count). The molecule has 1 amide bonds. The number of benzene rings is 2. The number of carbonyl (C=O) groups excluding carboxylic acids is 2. The molecular formula is C17H15N4O5V-5. The summed E-state index contributed by atoms with van der Waals surface area (Å²) in [6.07, 6.45) is 0. The van der Waals surface area contributed by atoms with Crippen molar-refractivity contribution < 1.29 is 43.8 Å². The largest absolute Gasteiger partial charge is 2.00 e. The summed E-state index contributed by atoms with van der Waals surface area (Å²) in [5.74, 6) is 4.14. The summed E-state index contributed by atoms with van der Waals surface area (Å²) in [6.45, 7) is 1.21. The molecule has 2 aromatic carbocycles. The SMILES string of the molecule is C/C(=N\N=C(/[O-])c1ccccc1)C(=O)[O-].[NH-]NC(=O)c1ccccc1.[O-2].[V]. The van der Waals surface area contributed by atoms with Gasteiger partial charge in [-0.3, -0.25) is 4.79 Å². The summed E-state index contributed by atoms with van der Waals surface area (Å²) in [5.41, 5.74) is 2.32. The first-order chi connectivity index (χ1) is 12.0. The van der Waals surface area contributed by atoms with Gasteiger partial charge in [0.25, 0.3) is 0 Å². The summed E-state index contributed by atoms with van der Waals surface area (Å²) in [6, 6.07) is 16.9. The molecule has 2 aromatic rings. The van der Waals surface area contributed by atoms with Gasteiger partial charge in [0.05, 0.1) is 11.7 Å². The van der Waals surface area contributed by atoms with Crippen LogP contribution in [0.2, 0.25) is 0 Å². The monoisotopic (exact) mass is 406 g/mol. The quantitative estimate of drug-likeness (QED) is 0.434. The van der Waals surface area contributed by atoms with Crippen molar-refractivity contribution in [3.05, 3.63) is 77.6 Å². The van der Waals surface area contributed by atoms with Crippen LogP contribution in [-0.4, -0.2) is 23.5 Å². The number of carboxylic acids is 1. The topological polar surface area (TPSA) is 169 Å². The Hall–Kier alpha value is -2.98. The average molecular weight is 406 g/mol. The van der Waals surface area contributed by atoms with Crippen LogP contribution in [0.15, 0.2) is 70.9 Å². The molecule has 1 radical (unpaired) electrons. The van der Waals surface area contributed by atoms with Crippen molar-refractivity contribution in [1.29, 1.82) is 0 Å². The summed E-state index contributed by atoms with van der Waals surface area (Å²) in [4.78, 5) is 20.9. The minimum atomic E-state index is -1.44. The molecular weight excluding hydrogens is 391 g/mol. The second-order valence-electron chi connectivity index (χ2n) is 4.56. The summed E-state index contributed by atoms with van der Waals surface area (Å²) < 4.78 is 0. The van der Waals surface area contributed by atoms with Crippen molar-refractivity contribution in [2.45, 2.75) is 6.92 Å². The summed E-state index contributed by atoms with van der Waals surface area (Å²) in [7, 11) is 0. The third kappa shape index (κ3) is 9.92. The molecule has 10 heteroatoms. The first-order valence-corrected chi connectivity index (χ1v) is 7.04. The fourth-order valence-corrected chi connectivity index (χ4v) is 1.46. The molecule has 9 nitrogen and oxygen atoms in total. The molecule has 2 N–H and O–H groups in total. The molecule has 0 heterocycles. The molecule has 0 aromatic heterocycles. The Morgan fingerprint density at radius 1 is 0.889 bits per heavy atom. The van der Waals surface area contributed by atoms with Gasteiger partial charge < -0.3 is 31.8 Å². The third-order valence-corrected chi connectivity index (χ3v) is 2.76. The van der Waals surface area contributed by atoms with Crippen LogP contribution in [0.4, 0.5) is 0 Å². The number of nitrogens with one attached hydrogen (secondary N) is 2. The van der Waals surface area contributed by atoms with Crippen LogP contribution >= 0.6 is 0 Å².